The summed E-state index contributed by atoms with van der Waals surface area (Å²) in [5, 5.41) is 0. The Morgan fingerprint density at radius 2 is 1.62 bits per heavy atom. The molecule has 90 valence electrons. The van der Waals surface area contributed by atoms with Crippen molar-refractivity contribution in [3.8, 4) is 0 Å². The summed E-state index contributed by atoms with van der Waals surface area (Å²) in [6.07, 6.45) is 0. The van der Waals surface area contributed by atoms with Crippen LogP contribution in [-0.4, -0.2) is 19.8 Å². The molecule has 0 aromatic heterocycles. The van der Waals surface area contributed by atoms with Crippen molar-refractivity contribution >= 4 is 0 Å². The molecule has 16 heavy (non-hydrogen) atoms. The van der Waals surface area contributed by atoms with Crippen LogP contribution in [0.2, 0.25) is 0 Å². The van der Waals surface area contributed by atoms with E-state index in [-0.39, 0.29) is 12.4 Å². The molecule has 0 atom stereocenters. The van der Waals surface area contributed by atoms with Gasteiger partial charge in [-0.1, -0.05) is 12.1 Å². The fourth-order valence-corrected chi connectivity index (χ4v) is 1.61. The maximum absolute atomic E-state index is 12.8. The summed E-state index contributed by atoms with van der Waals surface area (Å²) in [5.74, 6) is -1.25. The van der Waals surface area contributed by atoms with Gasteiger partial charge in [-0.25, -0.2) is 4.39 Å². The van der Waals surface area contributed by atoms with E-state index < -0.39 is 5.79 Å². The van der Waals surface area contributed by atoms with E-state index in [0.29, 0.717) is 13.2 Å². The van der Waals surface area contributed by atoms with Crippen molar-refractivity contribution in [2.45, 2.75) is 19.6 Å². The van der Waals surface area contributed by atoms with Gasteiger partial charge >= 0.3 is 0 Å². The highest BCUT2D eigenvalue weighted by Crippen LogP contribution is 2.26. The number of halogens is 1. The molecule has 1 rings (SSSR count). The summed E-state index contributed by atoms with van der Waals surface area (Å²) in [5.41, 5.74) is 6.44. The molecule has 0 amide bonds. The van der Waals surface area contributed by atoms with Gasteiger partial charge in [0.1, 0.15) is 5.82 Å². The van der Waals surface area contributed by atoms with E-state index in [1.54, 1.807) is 12.1 Å². The summed E-state index contributed by atoms with van der Waals surface area (Å²) in [6, 6.07) is 6.01. The number of rotatable bonds is 6. The van der Waals surface area contributed by atoms with Gasteiger partial charge in [0.05, 0.1) is 6.54 Å². The summed E-state index contributed by atoms with van der Waals surface area (Å²) in [6.45, 7) is 4.89. The predicted molar refractivity (Wildman–Crippen MR) is 60.4 cm³/mol. The molecule has 0 spiro atoms. The highest BCUT2D eigenvalue weighted by molar-refractivity contribution is 5.21. The molecule has 0 fully saturated rings. The lowest BCUT2D eigenvalue weighted by Gasteiger charge is -2.32. The molecule has 3 nitrogen and oxygen atoms in total. The first-order valence-corrected chi connectivity index (χ1v) is 5.42. The third-order valence-electron chi connectivity index (χ3n) is 2.31. The van der Waals surface area contributed by atoms with Gasteiger partial charge in [0.15, 0.2) is 0 Å². The largest absolute Gasteiger partial charge is 0.345 e. The lowest BCUT2D eigenvalue weighted by molar-refractivity contribution is -0.235. The van der Waals surface area contributed by atoms with Crippen molar-refractivity contribution < 1.29 is 13.9 Å². The normalized spacial score (nSPS) is 11.8. The molecule has 1 aromatic rings. The quantitative estimate of drug-likeness (QED) is 0.756. The zero-order chi connectivity index (χ0) is 12.0. The summed E-state index contributed by atoms with van der Waals surface area (Å²) in [7, 11) is 0. The molecule has 0 aliphatic rings. The van der Waals surface area contributed by atoms with Gasteiger partial charge in [-0.2, -0.15) is 0 Å². The monoisotopic (exact) mass is 227 g/mol. The zero-order valence-corrected chi connectivity index (χ0v) is 9.70. The Morgan fingerprint density at radius 1 is 1.12 bits per heavy atom. The van der Waals surface area contributed by atoms with E-state index in [4.69, 9.17) is 15.2 Å². The van der Waals surface area contributed by atoms with E-state index in [1.165, 1.54) is 12.1 Å². The first kappa shape index (κ1) is 13.1. The zero-order valence-electron chi connectivity index (χ0n) is 9.70. The summed E-state index contributed by atoms with van der Waals surface area (Å²) >= 11 is 0. The molecule has 0 aliphatic carbocycles. The van der Waals surface area contributed by atoms with Crippen LogP contribution in [0.15, 0.2) is 24.3 Å². The van der Waals surface area contributed by atoms with Crippen LogP contribution in [0.3, 0.4) is 0 Å². The number of hydrogen-bond acceptors (Lipinski definition) is 3. The second-order valence-electron chi connectivity index (χ2n) is 3.33. The molecule has 4 heteroatoms. The summed E-state index contributed by atoms with van der Waals surface area (Å²) in [4.78, 5) is 0. The van der Waals surface area contributed by atoms with E-state index in [0.717, 1.165) is 5.56 Å². The lowest BCUT2D eigenvalue weighted by Crippen LogP contribution is -2.41. The second-order valence-corrected chi connectivity index (χ2v) is 3.33. The maximum atomic E-state index is 12.8. The Morgan fingerprint density at radius 3 is 2.00 bits per heavy atom. The maximum Gasteiger partial charge on any atom is 0.207 e. The van der Waals surface area contributed by atoms with E-state index >= 15 is 0 Å². The molecule has 0 saturated heterocycles. The fraction of sp³-hybridized carbons (Fsp3) is 0.500. The second kappa shape index (κ2) is 5.94. The first-order valence-electron chi connectivity index (χ1n) is 5.42. The molecule has 0 saturated carbocycles. The Hall–Kier alpha value is -0.970. The summed E-state index contributed by atoms with van der Waals surface area (Å²) < 4.78 is 24.0. The van der Waals surface area contributed by atoms with E-state index in [9.17, 15) is 4.39 Å². The van der Waals surface area contributed by atoms with Crippen molar-refractivity contribution in [2.24, 2.45) is 5.73 Å². The topological polar surface area (TPSA) is 44.5 Å². The van der Waals surface area contributed by atoms with Crippen LogP contribution in [0, 0.1) is 5.82 Å². The van der Waals surface area contributed by atoms with Crippen molar-refractivity contribution in [1.82, 2.24) is 0 Å². The number of benzene rings is 1. The third kappa shape index (κ3) is 2.78. The highest BCUT2D eigenvalue weighted by Gasteiger charge is 2.32. The van der Waals surface area contributed by atoms with Gasteiger partial charge in [0, 0.05) is 18.8 Å². The average molecular weight is 227 g/mol. The van der Waals surface area contributed by atoms with Gasteiger partial charge < -0.3 is 15.2 Å². The van der Waals surface area contributed by atoms with Crippen molar-refractivity contribution in [1.29, 1.82) is 0 Å². The Bertz CT molecular complexity index is 307. The Labute approximate surface area is 95.4 Å². The fourth-order valence-electron chi connectivity index (χ4n) is 1.61. The van der Waals surface area contributed by atoms with Gasteiger partial charge in [0.2, 0.25) is 5.79 Å². The molecule has 0 aliphatic heterocycles. The molecular formula is C12H18FNO2. The van der Waals surface area contributed by atoms with Crippen LogP contribution in [0.1, 0.15) is 19.4 Å². The Kier molecular flexibility index (Phi) is 4.86. The van der Waals surface area contributed by atoms with Crippen LogP contribution >= 0.6 is 0 Å². The average Bonchev–Trinajstić information content (AvgIpc) is 2.29. The number of nitrogens with two attached hydrogens (primary N) is 1. The molecule has 1 aromatic carbocycles. The van der Waals surface area contributed by atoms with Gasteiger partial charge in [-0.3, -0.25) is 0 Å². The minimum Gasteiger partial charge on any atom is -0.345 e. The van der Waals surface area contributed by atoms with Crippen LogP contribution < -0.4 is 5.73 Å². The Balaban J connectivity index is 3.02. The van der Waals surface area contributed by atoms with Crippen LogP contribution in [0.25, 0.3) is 0 Å². The SMILES string of the molecule is CCOC(CN)(OCC)c1ccc(F)cc1. The van der Waals surface area contributed by atoms with Gasteiger partial charge in [0.25, 0.3) is 0 Å². The first-order chi connectivity index (χ1) is 7.68. The van der Waals surface area contributed by atoms with Crippen LogP contribution in [0.4, 0.5) is 4.39 Å². The van der Waals surface area contributed by atoms with Crippen molar-refractivity contribution in [3.05, 3.63) is 35.6 Å². The molecule has 0 bridgehead atoms. The van der Waals surface area contributed by atoms with E-state index in [1.807, 2.05) is 13.8 Å². The van der Waals surface area contributed by atoms with Crippen LogP contribution in [-0.2, 0) is 15.3 Å². The minimum absolute atomic E-state index is 0.195. The number of hydrogen-bond donors (Lipinski definition) is 1. The third-order valence-corrected chi connectivity index (χ3v) is 2.31. The predicted octanol–water partition coefficient (Wildman–Crippen LogP) is 2.01. The van der Waals surface area contributed by atoms with Gasteiger partial charge in [-0.05, 0) is 26.0 Å². The smallest absolute Gasteiger partial charge is 0.207 e. The van der Waals surface area contributed by atoms with Crippen molar-refractivity contribution in [2.75, 3.05) is 19.8 Å². The standard InChI is InChI=1S/C12H18FNO2/c1-3-15-12(9-14,16-4-2)10-5-7-11(13)8-6-10/h5-8H,3-4,9,14H2,1-2H3. The lowest BCUT2D eigenvalue weighted by atomic mass is 10.1. The minimum atomic E-state index is -0.961. The van der Waals surface area contributed by atoms with Crippen molar-refractivity contribution in [3.63, 3.8) is 0 Å². The molecular weight excluding hydrogens is 209 g/mol. The molecule has 0 heterocycles. The molecule has 0 radical (unpaired) electrons. The van der Waals surface area contributed by atoms with E-state index in [2.05, 4.69) is 0 Å². The number of ether oxygens (including phenoxy) is 2. The van der Waals surface area contributed by atoms with Gasteiger partial charge in [-0.15, -0.1) is 0 Å². The highest BCUT2D eigenvalue weighted by atomic mass is 19.1. The van der Waals surface area contributed by atoms with Crippen LogP contribution in [0.5, 0.6) is 0 Å². The molecule has 0 unspecified atom stereocenters. The molecule has 2 N–H and O–H groups in total.